The number of carbonyl (C=O) groups is 5. The maximum Gasteiger partial charge on any atom is 0.309 e. The van der Waals surface area contributed by atoms with Gasteiger partial charge in [0.25, 0.3) is 0 Å². The minimum Gasteiger partial charge on any atom is -0.481 e. The zero-order valence-electron chi connectivity index (χ0n) is 22.9. The third-order valence-corrected chi connectivity index (χ3v) is 6.28. The summed E-state index contributed by atoms with van der Waals surface area (Å²) in [4.78, 5) is 62.0. The normalized spacial score (nSPS) is 12.3. The summed E-state index contributed by atoms with van der Waals surface area (Å²) in [5, 5.41) is 17.8. The van der Waals surface area contributed by atoms with Crippen LogP contribution in [0.25, 0.3) is 10.8 Å². The van der Waals surface area contributed by atoms with E-state index < -0.39 is 89.5 Å². The summed E-state index contributed by atoms with van der Waals surface area (Å²) in [7, 11) is 0. The van der Waals surface area contributed by atoms with E-state index in [-0.39, 0.29) is 12.6 Å². The Balaban J connectivity index is 1.66. The molecule has 3 rings (SSSR count). The Morgan fingerprint density at radius 3 is 2.12 bits per heavy atom. The molecule has 4 N–H and O–H groups in total. The second kappa shape index (κ2) is 14.2. The highest BCUT2D eigenvalue weighted by molar-refractivity contribution is 6.35. The number of Topliss-reactive ketones (excluding diaryl/α,β-unsaturated/α-hetero) is 1. The zero-order valence-corrected chi connectivity index (χ0v) is 22.9. The number of ether oxygens (including phenoxy) is 1. The SMILES string of the molecule is CC(C)[C@H](NC(=O)C(=O)NCc1cccc2ccccc12)C(=O)N[C@@H](CC(=O)O)C(=O)COc1c(F)c(F)cc(F)c1F. The predicted molar refractivity (Wildman–Crippen MR) is 144 cm³/mol. The van der Waals surface area contributed by atoms with Crippen molar-refractivity contribution in [1.82, 2.24) is 16.0 Å². The van der Waals surface area contributed by atoms with Gasteiger partial charge in [-0.1, -0.05) is 56.3 Å². The van der Waals surface area contributed by atoms with E-state index in [2.05, 4.69) is 20.7 Å². The minimum atomic E-state index is -1.92. The first-order valence-electron chi connectivity index (χ1n) is 12.9. The van der Waals surface area contributed by atoms with Crippen LogP contribution in [-0.2, 0) is 30.5 Å². The molecule has 0 unspecified atom stereocenters. The largest absolute Gasteiger partial charge is 0.481 e. The highest BCUT2D eigenvalue weighted by Crippen LogP contribution is 2.26. The molecule has 0 aromatic heterocycles. The molecule has 228 valence electrons. The number of ketones is 1. The van der Waals surface area contributed by atoms with Crippen LogP contribution in [0.5, 0.6) is 5.75 Å². The predicted octanol–water partition coefficient (Wildman–Crippen LogP) is 2.76. The van der Waals surface area contributed by atoms with Gasteiger partial charge in [-0.05, 0) is 22.3 Å². The van der Waals surface area contributed by atoms with Crippen LogP contribution in [0.1, 0.15) is 25.8 Å². The van der Waals surface area contributed by atoms with Crippen molar-refractivity contribution in [2.75, 3.05) is 6.61 Å². The standard InChI is InChI=1S/C29H27F4N3O7/c1-14(2)25(36-29(42)28(41)34-12-16-8-5-7-15-6-3-4-9-17(15)16)27(40)35-20(11-22(38)39)21(37)13-43-26-23(32)18(30)10-19(31)24(26)33/h3-10,14,20,25H,11-13H2,1-2H3,(H,34,41)(H,35,40)(H,36,42)(H,38,39)/t20-,25-/m0/s1. The average molecular weight is 606 g/mol. The average Bonchev–Trinajstić information content (AvgIpc) is 2.96. The maximum atomic E-state index is 13.9. The van der Waals surface area contributed by atoms with Gasteiger partial charge in [-0.3, -0.25) is 24.0 Å². The lowest BCUT2D eigenvalue weighted by atomic mass is 10.0. The van der Waals surface area contributed by atoms with Crippen LogP contribution in [-0.4, -0.2) is 53.3 Å². The lowest BCUT2D eigenvalue weighted by Crippen LogP contribution is -2.56. The highest BCUT2D eigenvalue weighted by atomic mass is 19.2. The van der Waals surface area contributed by atoms with Crippen LogP contribution in [0.15, 0.2) is 48.5 Å². The summed E-state index contributed by atoms with van der Waals surface area (Å²) in [6.07, 6.45) is -1.01. The van der Waals surface area contributed by atoms with E-state index in [9.17, 15) is 46.6 Å². The molecular weight excluding hydrogens is 578 g/mol. The fourth-order valence-electron chi connectivity index (χ4n) is 4.05. The number of amides is 3. The molecule has 2 atom stereocenters. The Kier molecular flexibility index (Phi) is 10.8. The number of halogens is 4. The topological polar surface area (TPSA) is 151 Å². The minimum absolute atomic E-state index is 0.00224. The molecule has 0 radical (unpaired) electrons. The van der Waals surface area contributed by atoms with Crippen molar-refractivity contribution < 1.29 is 51.4 Å². The van der Waals surface area contributed by atoms with Crippen LogP contribution in [0, 0.1) is 29.2 Å². The summed E-state index contributed by atoms with van der Waals surface area (Å²) in [6.45, 7) is 1.72. The lowest BCUT2D eigenvalue weighted by molar-refractivity contribution is -0.142. The van der Waals surface area contributed by atoms with E-state index in [0.29, 0.717) is 0 Å². The molecule has 10 nitrogen and oxygen atoms in total. The van der Waals surface area contributed by atoms with Crippen molar-refractivity contribution in [1.29, 1.82) is 0 Å². The number of aliphatic carboxylic acids is 1. The van der Waals surface area contributed by atoms with Crippen molar-refractivity contribution >= 4 is 40.2 Å². The summed E-state index contributed by atoms with van der Waals surface area (Å²) in [6, 6.07) is 9.49. The van der Waals surface area contributed by atoms with E-state index >= 15 is 0 Å². The molecule has 3 aromatic carbocycles. The van der Waals surface area contributed by atoms with Crippen molar-refractivity contribution in [3.63, 3.8) is 0 Å². The quantitative estimate of drug-likeness (QED) is 0.141. The van der Waals surface area contributed by atoms with E-state index in [1.165, 1.54) is 13.8 Å². The Morgan fingerprint density at radius 2 is 1.49 bits per heavy atom. The number of hydrogen-bond acceptors (Lipinski definition) is 6. The molecule has 43 heavy (non-hydrogen) atoms. The second-order valence-corrected chi connectivity index (χ2v) is 9.73. The van der Waals surface area contributed by atoms with Crippen LogP contribution < -0.4 is 20.7 Å². The molecule has 3 amide bonds. The Labute approximate surface area is 242 Å². The number of fused-ring (bicyclic) bond motifs is 1. The van der Waals surface area contributed by atoms with Gasteiger partial charge in [0.05, 0.1) is 6.42 Å². The summed E-state index contributed by atoms with van der Waals surface area (Å²) < 4.78 is 59.2. The molecule has 0 saturated carbocycles. The molecule has 0 heterocycles. The number of carbonyl (C=O) groups excluding carboxylic acids is 4. The van der Waals surface area contributed by atoms with Crippen LogP contribution in [0.4, 0.5) is 17.6 Å². The fraction of sp³-hybridized carbons (Fsp3) is 0.276. The third-order valence-electron chi connectivity index (χ3n) is 6.28. The van der Waals surface area contributed by atoms with Gasteiger partial charge in [0.2, 0.25) is 17.5 Å². The number of benzene rings is 3. The van der Waals surface area contributed by atoms with Crippen molar-refractivity contribution in [3.05, 3.63) is 77.4 Å². The van der Waals surface area contributed by atoms with Gasteiger partial charge in [0.15, 0.2) is 23.2 Å². The number of nitrogens with one attached hydrogen (secondary N) is 3. The van der Waals surface area contributed by atoms with E-state index in [0.717, 1.165) is 16.3 Å². The highest BCUT2D eigenvalue weighted by Gasteiger charge is 2.32. The van der Waals surface area contributed by atoms with Crippen molar-refractivity contribution in [2.24, 2.45) is 5.92 Å². The smallest absolute Gasteiger partial charge is 0.309 e. The maximum absolute atomic E-state index is 13.9. The summed E-state index contributed by atoms with van der Waals surface area (Å²) >= 11 is 0. The van der Waals surface area contributed by atoms with Crippen molar-refractivity contribution in [2.45, 2.75) is 38.9 Å². The first-order valence-corrected chi connectivity index (χ1v) is 12.9. The van der Waals surface area contributed by atoms with Gasteiger partial charge in [0.1, 0.15) is 18.7 Å². The van der Waals surface area contributed by atoms with Gasteiger partial charge in [-0.25, -0.2) is 8.78 Å². The molecule has 0 bridgehead atoms. The molecule has 0 aliphatic carbocycles. The molecule has 0 saturated heterocycles. The number of hydrogen-bond donors (Lipinski definition) is 4. The van der Waals surface area contributed by atoms with E-state index in [1.54, 1.807) is 12.1 Å². The molecule has 14 heteroatoms. The van der Waals surface area contributed by atoms with E-state index in [4.69, 9.17) is 0 Å². The van der Waals surface area contributed by atoms with E-state index in [1.807, 2.05) is 30.3 Å². The summed E-state index contributed by atoms with van der Waals surface area (Å²) in [5.41, 5.74) is 0.732. The Morgan fingerprint density at radius 1 is 0.860 bits per heavy atom. The Bertz CT molecular complexity index is 1530. The number of rotatable bonds is 12. The van der Waals surface area contributed by atoms with Gasteiger partial charge in [-0.2, -0.15) is 8.78 Å². The second-order valence-electron chi connectivity index (χ2n) is 9.73. The van der Waals surface area contributed by atoms with Crippen LogP contribution in [0.2, 0.25) is 0 Å². The monoisotopic (exact) mass is 605 g/mol. The lowest BCUT2D eigenvalue weighted by Gasteiger charge is -2.24. The molecular formula is C29H27F4N3O7. The van der Waals surface area contributed by atoms with Gasteiger partial charge < -0.3 is 25.8 Å². The van der Waals surface area contributed by atoms with Gasteiger partial charge >= 0.3 is 17.8 Å². The first-order chi connectivity index (χ1) is 20.3. The third kappa shape index (κ3) is 8.27. The van der Waals surface area contributed by atoms with Crippen LogP contribution in [0.3, 0.4) is 0 Å². The molecule has 0 aliphatic heterocycles. The number of carboxylic acid groups (broad SMARTS) is 1. The zero-order chi connectivity index (χ0) is 31.8. The molecule has 3 aromatic rings. The first kappa shape index (κ1) is 32.5. The van der Waals surface area contributed by atoms with Gasteiger partial charge in [0, 0.05) is 12.6 Å². The van der Waals surface area contributed by atoms with Crippen molar-refractivity contribution in [3.8, 4) is 5.75 Å². The molecule has 0 aliphatic rings. The molecule has 0 spiro atoms. The summed E-state index contributed by atoms with van der Waals surface area (Å²) in [5.74, 6) is -15.7. The Hall–Kier alpha value is -5.01. The van der Waals surface area contributed by atoms with Crippen LogP contribution >= 0.6 is 0 Å². The van der Waals surface area contributed by atoms with Gasteiger partial charge in [-0.15, -0.1) is 0 Å². The molecule has 0 fully saturated rings. The number of carboxylic acids is 1. The fourth-order valence-corrected chi connectivity index (χ4v) is 4.05.